The molecule has 172 valence electrons. The number of carbonyl (C=O) groups is 1. The van der Waals surface area contributed by atoms with Crippen molar-refractivity contribution in [3.63, 3.8) is 0 Å². The quantitative estimate of drug-likeness (QED) is 0.345. The number of amides is 1. The lowest BCUT2D eigenvalue weighted by atomic mass is 10.1. The summed E-state index contributed by atoms with van der Waals surface area (Å²) in [6, 6.07) is 18.9. The van der Waals surface area contributed by atoms with Gasteiger partial charge in [0.25, 0.3) is 15.9 Å². The van der Waals surface area contributed by atoms with E-state index in [1.165, 1.54) is 25.5 Å². The number of hydrazone groups is 1. The Balaban J connectivity index is 1.89. The molecule has 3 aromatic carbocycles. The number of sulfonamides is 1. The van der Waals surface area contributed by atoms with Crippen LogP contribution < -0.4 is 14.5 Å². The third-order valence-electron chi connectivity index (χ3n) is 4.84. The van der Waals surface area contributed by atoms with Crippen LogP contribution in [0.3, 0.4) is 0 Å². The Morgan fingerprint density at radius 3 is 2.52 bits per heavy atom. The Hall–Kier alpha value is -3.17. The van der Waals surface area contributed by atoms with E-state index >= 15 is 0 Å². The van der Waals surface area contributed by atoms with Gasteiger partial charge in [0.05, 0.1) is 23.9 Å². The van der Waals surface area contributed by atoms with Gasteiger partial charge in [-0.1, -0.05) is 46.3 Å². The van der Waals surface area contributed by atoms with Gasteiger partial charge in [0, 0.05) is 10.0 Å². The molecule has 0 unspecified atom stereocenters. The number of nitrogens with zero attached hydrogens (tertiary/aromatic N) is 2. The number of ether oxygens (including phenoxy) is 1. The minimum Gasteiger partial charge on any atom is -0.496 e. The van der Waals surface area contributed by atoms with Gasteiger partial charge in [-0.3, -0.25) is 9.10 Å². The van der Waals surface area contributed by atoms with Gasteiger partial charge in [0.15, 0.2) is 0 Å². The van der Waals surface area contributed by atoms with Crippen LogP contribution in [0.2, 0.25) is 0 Å². The first-order valence-corrected chi connectivity index (χ1v) is 12.3. The molecule has 0 radical (unpaired) electrons. The third kappa shape index (κ3) is 6.00. The highest BCUT2D eigenvalue weighted by molar-refractivity contribution is 9.10. The summed E-state index contributed by atoms with van der Waals surface area (Å²) in [5.74, 6) is 0.000456. The molecule has 0 bridgehead atoms. The molecule has 0 aromatic heterocycles. The zero-order valence-electron chi connectivity index (χ0n) is 18.4. The zero-order chi connectivity index (χ0) is 24.0. The molecule has 0 aliphatic rings. The average Bonchev–Trinajstić information content (AvgIpc) is 2.80. The minimum absolute atomic E-state index is 0.0982. The van der Waals surface area contributed by atoms with Crippen molar-refractivity contribution in [2.24, 2.45) is 5.10 Å². The van der Waals surface area contributed by atoms with Gasteiger partial charge >= 0.3 is 0 Å². The van der Waals surface area contributed by atoms with Crippen molar-refractivity contribution in [1.29, 1.82) is 0 Å². The van der Waals surface area contributed by atoms with Gasteiger partial charge in [0.2, 0.25) is 0 Å². The number of anilines is 1. The second-order valence-corrected chi connectivity index (χ2v) is 10.1. The first-order valence-electron chi connectivity index (χ1n) is 10.0. The van der Waals surface area contributed by atoms with E-state index in [4.69, 9.17) is 4.74 Å². The maximum absolute atomic E-state index is 13.4. The second-order valence-electron chi connectivity index (χ2n) is 7.29. The summed E-state index contributed by atoms with van der Waals surface area (Å²) < 4.78 is 34.1. The van der Waals surface area contributed by atoms with E-state index in [-0.39, 0.29) is 4.90 Å². The lowest BCUT2D eigenvalue weighted by Gasteiger charge is -2.25. The molecular weight excluding hydrogens is 506 g/mol. The third-order valence-corrected chi connectivity index (χ3v) is 7.10. The van der Waals surface area contributed by atoms with E-state index in [0.29, 0.717) is 17.0 Å². The van der Waals surface area contributed by atoms with Crippen LogP contribution in [0.4, 0.5) is 5.69 Å². The van der Waals surface area contributed by atoms with Crippen molar-refractivity contribution in [2.75, 3.05) is 18.0 Å². The van der Waals surface area contributed by atoms with Gasteiger partial charge in [-0.25, -0.2) is 13.8 Å². The van der Waals surface area contributed by atoms with E-state index in [0.717, 1.165) is 19.9 Å². The highest BCUT2D eigenvalue weighted by Crippen LogP contribution is 2.27. The van der Waals surface area contributed by atoms with E-state index in [1.54, 1.807) is 43.3 Å². The van der Waals surface area contributed by atoms with Gasteiger partial charge in [0.1, 0.15) is 12.3 Å². The molecule has 0 heterocycles. The van der Waals surface area contributed by atoms with Crippen LogP contribution in [-0.2, 0) is 14.8 Å². The predicted octanol–water partition coefficient (Wildman–Crippen LogP) is 4.42. The highest BCUT2D eigenvalue weighted by atomic mass is 79.9. The van der Waals surface area contributed by atoms with Crippen molar-refractivity contribution in [1.82, 2.24) is 5.43 Å². The number of hydrogen-bond acceptors (Lipinski definition) is 5. The molecule has 7 nitrogen and oxygen atoms in total. The summed E-state index contributed by atoms with van der Waals surface area (Å²) in [4.78, 5) is 12.8. The molecule has 0 spiro atoms. The fraction of sp³-hybridized carbons (Fsp3) is 0.167. The molecule has 0 aliphatic heterocycles. The topological polar surface area (TPSA) is 88.1 Å². The van der Waals surface area contributed by atoms with Crippen molar-refractivity contribution in [3.05, 3.63) is 87.9 Å². The smallest absolute Gasteiger partial charge is 0.264 e. The lowest BCUT2D eigenvalue weighted by molar-refractivity contribution is -0.119. The molecule has 0 atom stereocenters. The summed E-state index contributed by atoms with van der Waals surface area (Å²) in [6.45, 7) is 3.23. The largest absolute Gasteiger partial charge is 0.496 e. The van der Waals surface area contributed by atoms with Gasteiger partial charge in [-0.2, -0.15) is 5.10 Å². The summed E-state index contributed by atoms with van der Waals surface area (Å²) in [6.07, 6.45) is 1.44. The van der Waals surface area contributed by atoms with E-state index in [2.05, 4.69) is 26.5 Å². The summed E-state index contributed by atoms with van der Waals surface area (Å²) in [7, 11) is -2.45. The van der Waals surface area contributed by atoms with Crippen molar-refractivity contribution in [2.45, 2.75) is 18.7 Å². The molecule has 3 rings (SSSR count). The van der Waals surface area contributed by atoms with Crippen molar-refractivity contribution in [3.8, 4) is 5.75 Å². The molecule has 0 saturated carbocycles. The number of hydrogen-bond donors (Lipinski definition) is 1. The van der Waals surface area contributed by atoms with Crippen LogP contribution in [0.25, 0.3) is 0 Å². The number of benzene rings is 3. The van der Waals surface area contributed by atoms with Gasteiger partial charge < -0.3 is 4.74 Å². The summed E-state index contributed by atoms with van der Waals surface area (Å²) in [5, 5.41) is 3.99. The standard InChI is InChI=1S/C24H24BrN3O4S/c1-17-9-10-18(2)22(13-17)28(33(30,31)21-7-5-4-6-8-21)16-24(29)27-26-15-19-14-20(25)11-12-23(19)32-3/h4-15H,16H2,1-3H3,(H,27,29)/b26-15+. The normalized spacial score (nSPS) is 11.4. The summed E-state index contributed by atoms with van der Waals surface area (Å²) in [5.41, 5.74) is 5.11. The monoisotopic (exact) mass is 529 g/mol. The summed E-state index contributed by atoms with van der Waals surface area (Å²) >= 11 is 3.38. The molecule has 1 amide bonds. The van der Waals surface area contributed by atoms with Crippen LogP contribution in [0.15, 0.2) is 81.2 Å². The molecule has 0 fully saturated rings. The van der Waals surface area contributed by atoms with Gasteiger partial charge in [-0.05, 0) is 61.4 Å². The first kappa shape index (κ1) is 24.5. The second kappa shape index (κ2) is 10.6. The number of carbonyl (C=O) groups excluding carboxylic acids is 1. The number of nitrogens with one attached hydrogen (secondary N) is 1. The maximum Gasteiger partial charge on any atom is 0.264 e. The molecule has 0 saturated heterocycles. The Morgan fingerprint density at radius 2 is 1.82 bits per heavy atom. The van der Waals surface area contributed by atoms with Gasteiger partial charge in [-0.15, -0.1) is 0 Å². The van der Waals surface area contributed by atoms with Crippen LogP contribution >= 0.6 is 15.9 Å². The Labute approximate surface area is 202 Å². The molecule has 33 heavy (non-hydrogen) atoms. The lowest BCUT2D eigenvalue weighted by Crippen LogP contribution is -2.40. The van der Waals surface area contributed by atoms with Crippen LogP contribution in [-0.4, -0.2) is 34.2 Å². The molecule has 0 aliphatic carbocycles. The molecule has 9 heteroatoms. The van der Waals surface area contributed by atoms with Crippen LogP contribution in [0.5, 0.6) is 5.75 Å². The first-order chi connectivity index (χ1) is 15.7. The fourth-order valence-corrected chi connectivity index (χ4v) is 5.03. The Bertz CT molecular complexity index is 1280. The predicted molar refractivity (Wildman–Crippen MR) is 133 cm³/mol. The average molecular weight is 530 g/mol. The highest BCUT2D eigenvalue weighted by Gasteiger charge is 2.28. The number of halogens is 1. The van der Waals surface area contributed by atoms with Crippen LogP contribution in [0.1, 0.15) is 16.7 Å². The molecule has 1 N–H and O–H groups in total. The Morgan fingerprint density at radius 1 is 1.09 bits per heavy atom. The minimum atomic E-state index is -3.99. The van der Waals surface area contributed by atoms with E-state index in [1.807, 2.05) is 25.1 Å². The molecular formula is C24H24BrN3O4S. The van der Waals surface area contributed by atoms with E-state index < -0.39 is 22.5 Å². The maximum atomic E-state index is 13.4. The number of rotatable bonds is 8. The SMILES string of the molecule is COc1ccc(Br)cc1/C=N/NC(=O)CN(c1cc(C)ccc1C)S(=O)(=O)c1ccccc1. The Kier molecular flexibility index (Phi) is 7.88. The van der Waals surface area contributed by atoms with E-state index in [9.17, 15) is 13.2 Å². The molecule has 3 aromatic rings. The van der Waals surface area contributed by atoms with Crippen molar-refractivity contribution >= 4 is 43.8 Å². The number of methoxy groups -OCH3 is 1. The number of aryl methyl sites for hydroxylation is 2. The van der Waals surface area contributed by atoms with Crippen molar-refractivity contribution < 1.29 is 17.9 Å². The van der Waals surface area contributed by atoms with Crippen LogP contribution in [0, 0.1) is 13.8 Å². The zero-order valence-corrected chi connectivity index (χ0v) is 20.9. The fourth-order valence-electron chi connectivity index (χ4n) is 3.15.